The Morgan fingerprint density at radius 2 is 1.91 bits per heavy atom. The molecule has 0 spiro atoms. The molecule has 0 fully saturated rings. The van der Waals surface area contributed by atoms with Gasteiger partial charge in [0, 0.05) is 12.7 Å². The lowest BCUT2D eigenvalue weighted by Crippen LogP contribution is -2.40. The van der Waals surface area contributed by atoms with Crippen LogP contribution in [0.5, 0.6) is 0 Å². The topological polar surface area (TPSA) is 179 Å². The molecule has 0 aliphatic heterocycles. The highest BCUT2D eigenvalue weighted by Gasteiger charge is 2.18. The predicted molar refractivity (Wildman–Crippen MR) is 116 cm³/mol. The fourth-order valence-corrected chi connectivity index (χ4v) is 3.71. The first-order valence-electron chi connectivity index (χ1n) is 9.40. The Morgan fingerprint density at radius 1 is 1.22 bits per heavy atom. The van der Waals surface area contributed by atoms with E-state index in [1.807, 2.05) is 0 Å². The van der Waals surface area contributed by atoms with Crippen molar-refractivity contribution >= 4 is 33.9 Å². The van der Waals surface area contributed by atoms with E-state index in [0.29, 0.717) is 19.1 Å². The molecule has 0 bridgehead atoms. The summed E-state index contributed by atoms with van der Waals surface area (Å²) in [5.74, 6) is -1.31. The summed E-state index contributed by atoms with van der Waals surface area (Å²) in [4.78, 5) is 39.6. The van der Waals surface area contributed by atoms with Gasteiger partial charge in [0.2, 0.25) is 5.91 Å². The first-order valence-corrected chi connectivity index (χ1v) is 10.9. The molecule has 1 heterocycles. The van der Waals surface area contributed by atoms with Gasteiger partial charge in [0.15, 0.2) is 5.96 Å². The number of aromatic nitrogens is 1. The number of pyridine rings is 1. The Hall–Kier alpha value is -3.74. The number of hydrogen-bond donors (Lipinski definition) is 4. The lowest BCUT2D eigenvalue weighted by molar-refractivity contribution is -0.124. The SMILES string of the molecule is NC(N)=NCCCC(C=O)NC(=O)Cn1cccc(NS(=O)(=O)c2ccc(F)cc2)c1=O. The number of aliphatic imine (C=N–C) groups is 1. The Morgan fingerprint density at radius 3 is 2.53 bits per heavy atom. The number of carbonyl (C=O) groups excluding carboxylic acids is 2. The van der Waals surface area contributed by atoms with Gasteiger partial charge in [0.25, 0.3) is 15.6 Å². The zero-order chi connectivity index (χ0) is 23.7. The summed E-state index contributed by atoms with van der Waals surface area (Å²) >= 11 is 0. The van der Waals surface area contributed by atoms with Crippen molar-refractivity contribution in [1.29, 1.82) is 0 Å². The van der Waals surface area contributed by atoms with Crippen LogP contribution in [0.3, 0.4) is 0 Å². The third-order valence-corrected chi connectivity index (χ3v) is 5.56. The summed E-state index contributed by atoms with van der Waals surface area (Å²) in [7, 11) is -4.15. The maximum Gasteiger partial charge on any atom is 0.275 e. The lowest BCUT2D eigenvalue weighted by atomic mass is 10.2. The third kappa shape index (κ3) is 7.19. The summed E-state index contributed by atoms with van der Waals surface area (Å²) in [6.45, 7) is -0.151. The van der Waals surface area contributed by atoms with Gasteiger partial charge in [-0.05, 0) is 49.2 Å². The van der Waals surface area contributed by atoms with Gasteiger partial charge < -0.3 is 26.1 Å². The summed E-state index contributed by atoms with van der Waals surface area (Å²) in [5, 5.41) is 2.48. The first kappa shape index (κ1) is 24.5. The van der Waals surface area contributed by atoms with Gasteiger partial charge in [-0.2, -0.15) is 0 Å². The Balaban J connectivity index is 2.06. The molecule has 2 aromatic rings. The molecular formula is C19H23FN6O5S. The number of halogens is 1. The van der Waals surface area contributed by atoms with Crippen LogP contribution in [0.4, 0.5) is 10.1 Å². The number of nitrogens with zero attached hydrogens (tertiary/aromatic N) is 2. The van der Waals surface area contributed by atoms with Crippen molar-refractivity contribution in [2.24, 2.45) is 16.5 Å². The summed E-state index contributed by atoms with van der Waals surface area (Å²) in [5.41, 5.74) is 9.35. The quantitative estimate of drug-likeness (QED) is 0.149. The molecule has 1 atom stereocenters. The van der Waals surface area contributed by atoms with Crippen LogP contribution in [0.25, 0.3) is 0 Å². The second-order valence-electron chi connectivity index (χ2n) is 6.67. The molecule has 1 amide bonds. The number of carbonyl (C=O) groups is 2. The van der Waals surface area contributed by atoms with Gasteiger partial charge in [0.1, 0.15) is 24.3 Å². The lowest BCUT2D eigenvalue weighted by Gasteiger charge is -2.14. The molecule has 0 aliphatic rings. The van der Waals surface area contributed by atoms with Gasteiger partial charge in [-0.25, -0.2) is 12.8 Å². The van der Waals surface area contributed by atoms with Gasteiger partial charge in [0.05, 0.1) is 10.9 Å². The molecule has 1 unspecified atom stereocenters. The van der Waals surface area contributed by atoms with Crippen LogP contribution in [-0.2, 0) is 26.2 Å². The fraction of sp³-hybridized carbons (Fsp3) is 0.263. The van der Waals surface area contributed by atoms with Gasteiger partial charge in [-0.3, -0.25) is 19.3 Å². The van der Waals surface area contributed by atoms with Crippen molar-refractivity contribution in [3.8, 4) is 0 Å². The average molecular weight is 466 g/mol. The largest absolute Gasteiger partial charge is 0.370 e. The second-order valence-corrected chi connectivity index (χ2v) is 8.36. The Bertz CT molecular complexity index is 1140. The van der Waals surface area contributed by atoms with Crippen molar-refractivity contribution in [1.82, 2.24) is 9.88 Å². The van der Waals surface area contributed by atoms with Crippen LogP contribution in [0.15, 0.2) is 57.3 Å². The zero-order valence-electron chi connectivity index (χ0n) is 16.9. The van der Waals surface area contributed by atoms with Crippen LogP contribution in [0, 0.1) is 5.82 Å². The molecule has 32 heavy (non-hydrogen) atoms. The summed E-state index contributed by atoms with van der Waals surface area (Å²) in [6.07, 6.45) is 2.59. The minimum Gasteiger partial charge on any atom is -0.370 e. The Labute approximate surface area is 183 Å². The number of benzene rings is 1. The number of amides is 1. The number of anilines is 1. The second kappa shape index (κ2) is 11.0. The van der Waals surface area contributed by atoms with Crippen molar-refractivity contribution in [2.45, 2.75) is 30.3 Å². The highest BCUT2D eigenvalue weighted by molar-refractivity contribution is 7.92. The smallest absolute Gasteiger partial charge is 0.275 e. The van der Waals surface area contributed by atoms with E-state index in [2.05, 4.69) is 15.0 Å². The fourth-order valence-electron chi connectivity index (χ4n) is 2.66. The monoisotopic (exact) mass is 466 g/mol. The van der Waals surface area contributed by atoms with Gasteiger partial charge in [-0.1, -0.05) is 0 Å². The van der Waals surface area contributed by atoms with Crippen LogP contribution in [0.2, 0.25) is 0 Å². The van der Waals surface area contributed by atoms with Crippen molar-refractivity contribution in [3.63, 3.8) is 0 Å². The molecule has 11 nitrogen and oxygen atoms in total. The van der Waals surface area contributed by atoms with E-state index in [1.165, 1.54) is 18.3 Å². The standard InChI is InChI=1S/C19H23FN6O5S/c20-13-5-7-15(8-6-13)32(30,31)25-16-4-2-10-26(18(16)29)11-17(28)24-14(12-27)3-1-9-23-19(21)22/h2,4-8,10,12,14,25H,1,3,9,11H2,(H,24,28)(H4,21,22,23). The minimum absolute atomic E-state index is 0.0778. The Kier molecular flexibility index (Phi) is 8.46. The van der Waals surface area contributed by atoms with E-state index in [9.17, 15) is 27.2 Å². The molecular weight excluding hydrogens is 443 g/mol. The highest BCUT2D eigenvalue weighted by Crippen LogP contribution is 2.13. The maximum atomic E-state index is 13.0. The molecule has 2 rings (SSSR count). The number of hydrogen-bond acceptors (Lipinski definition) is 6. The third-order valence-electron chi connectivity index (χ3n) is 4.18. The summed E-state index contributed by atoms with van der Waals surface area (Å²) in [6, 6.07) is 5.87. The number of sulfonamides is 1. The number of guanidine groups is 1. The molecule has 0 saturated heterocycles. The molecule has 6 N–H and O–H groups in total. The number of nitrogens with two attached hydrogens (primary N) is 2. The van der Waals surface area contributed by atoms with Crippen molar-refractivity contribution < 1.29 is 22.4 Å². The molecule has 1 aromatic heterocycles. The van der Waals surface area contributed by atoms with Crippen LogP contribution < -0.4 is 27.1 Å². The van der Waals surface area contributed by atoms with E-state index in [1.54, 1.807) is 0 Å². The van der Waals surface area contributed by atoms with E-state index >= 15 is 0 Å². The van der Waals surface area contributed by atoms with Gasteiger partial charge >= 0.3 is 0 Å². The number of nitrogens with one attached hydrogen (secondary N) is 2. The molecule has 0 saturated carbocycles. The van der Waals surface area contributed by atoms with Crippen LogP contribution in [-0.4, -0.2) is 43.7 Å². The maximum absolute atomic E-state index is 13.0. The normalized spacial score (nSPS) is 11.9. The molecule has 13 heteroatoms. The summed E-state index contributed by atoms with van der Waals surface area (Å²) < 4.78 is 41.0. The number of rotatable bonds is 11. The van der Waals surface area contributed by atoms with E-state index in [4.69, 9.17) is 11.5 Å². The van der Waals surface area contributed by atoms with Crippen LogP contribution >= 0.6 is 0 Å². The van der Waals surface area contributed by atoms with Gasteiger partial charge in [-0.15, -0.1) is 0 Å². The highest BCUT2D eigenvalue weighted by atomic mass is 32.2. The molecule has 0 aliphatic carbocycles. The number of aldehydes is 1. The van der Waals surface area contributed by atoms with E-state index in [0.717, 1.165) is 28.8 Å². The molecule has 172 valence electrons. The van der Waals surface area contributed by atoms with Crippen molar-refractivity contribution in [3.05, 3.63) is 58.8 Å². The van der Waals surface area contributed by atoms with E-state index < -0.39 is 39.9 Å². The predicted octanol–water partition coefficient (Wildman–Crippen LogP) is -0.474. The average Bonchev–Trinajstić information content (AvgIpc) is 2.73. The minimum atomic E-state index is -4.15. The molecule has 1 aromatic carbocycles. The van der Waals surface area contributed by atoms with Crippen molar-refractivity contribution in [2.75, 3.05) is 11.3 Å². The zero-order valence-corrected chi connectivity index (χ0v) is 17.7. The van der Waals surface area contributed by atoms with E-state index in [-0.39, 0.29) is 23.1 Å². The first-order chi connectivity index (χ1) is 15.1. The van der Waals surface area contributed by atoms with Crippen LogP contribution in [0.1, 0.15) is 12.8 Å². The molecule has 0 radical (unpaired) electrons.